The second-order valence-electron chi connectivity index (χ2n) is 6.72. The van der Waals surface area contributed by atoms with Gasteiger partial charge in [0.05, 0.1) is 17.9 Å². The first-order chi connectivity index (χ1) is 12.0. The Morgan fingerprint density at radius 3 is 2.56 bits per heavy atom. The van der Waals surface area contributed by atoms with E-state index < -0.39 is 18.2 Å². The molecule has 1 aromatic heterocycles. The predicted molar refractivity (Wildman–Crippen MR) is 87.5 cm³/mol. The molecule has 1 aliphatic heterocycles. The first-order valence-electron chi connectivity index (χ1n) is 8.35. The Bertz CT molecular complexity index is 831. The molecule has 1 unspecified atom stereocenters. The number of carbonyl (C=O) groups excluding carboxylic acids is 1. The number of para-hydroxylation sites is 1. The molecule has 0 bridgehead atoms. The number of aliphatic carboxylic acids is 1. The molecule has 1 saturated carbocycles. The molecule has 1 amide bonds. The highest BCUT2D eigenvalue weighted by molar-refractivity contribution is 5.94. The highest BCUT2D eigenvalue weighted by Crippen LogP contribution is 2.40. The van der Waals surface area contributed by atoms with Gasteiger partial charge in [0.25, 0.3) is 5.91 Å². The highest BCUT2D eigenvalue weighted by atomic mass is 19.1. The average molecular weight is 343 g/mol. The molecule has 2 aromatic rings. The van der Waals surface area contributed by atoms with Gasteiger partial charge >= 0.3 is 5.97 Å². The summed E-state index contributed by atoms with van der Waals surface area (Å²) in [6, 6.07) is 11.0. The number of carbonyl (C=O) groups is 2. The van der Waals surface area contributed by atoms with Crippen LogP contribution in [-0.4, -0.2) is 50.4 Å². The molecule has 1 N–H and O–H groups in total. The van der Waals surface area contributed by atoms with Gasteiger partial charge in [0.15, 0.2) is 0 Å². The van der Waals surface area contributed by atoms with Gasteiger partial charge in [-0.1, -0.05) is 18.2 Å². The SMILES string of the molecule is O=C(c1cc(C2CC2)nn1-c1ccccc1)N1CCC(F)(C(=O)O)C1. The maximum atomic E-state index is 14.3. The van der Waals surface area contributed by atoms with E-state index in [-0.39, 0.29) is 18.9 Å². The van der Waals surface area contributed by atoms with E-state index in [0.717, 1.165) is 24.2 Å². The molecule has 1 atom stereocenters. The van der Waals surface area contributed by atoms with Crippen LogP contribution in [0.5, 0.6) is 0 Å². The van der Waals surface area contributed by atoms with Crippen molar-refractivity contribution in [3.05, 3.63) is 47.8 Å². The number of benzene rings is 1. The smallest absolute Gasteiger partial charge is 0.343 e. The van der Waals surface area contributed by atoms with E-state index in [2.05, 4.69) is 5.10 Å². The summed E-state index contributed by atoms with van der Waals surface area (Å²) in [6.07, 6.45) is 1.91. The highest BCUT2D eigenvalue weighted by Gasteiger charge is 2.47. The Morgan fingerprint density at radius 1 is 1.24 bits per heavy atom. The van der Waals surface area contributed by atoms with Gasteiger partial charge in [0.2, 0.25) is 5.67 Å². The van der Waals surface area contributed by atoms with Gasteiger partial charge in [-0.25, -0.2) is 13.9 Å². The van der Waals surface area contributed by atoms with Crippen LogP contribution in [0.2, 0.25) is 0 Å². The van der Waals surface area contributed by atoms with Crippen molar-refractivity contribution >= 4 is 11.9 Å². The number of carboxylic acid groups (broad SMARTS) is 1. The van der Waals surface area contributed by atoms with Gasteiger partial charge in [0.1, 0.15) is 5.69 Å². The summed E-state index contributed by atoms with van der Waals surface area (Å²) in [7, 11) is 0. The number of halogens is 1. The molecule has 130 valence electrons. The van der Waals surface area contributed by atoms with Crippen LogP contribution in [0, 0.1) is 0 Å². The van der Waals surface area contributed by atoms with Gasteiger partial charge in [-0.05, 0) is 31.0 Å². The topological polar surface area (TPSA) is 75.4 Å². The van der Waals surface area contributed by atoms with Crippen LogP contribution in [0.15, 0.2) is 36.4 Å². The monoisotopic (exact) mass is 343 g/mol. The molecule has 2 fully saturated rings. The van der Waals surface area contributed by atoms with Gasteiger partial charge in [0, 0.05) is 18.9 Å². The number of hydrogen-bond donors (Lipinski definition) is 1. The van der Waals surface area contributed by atoms with Crippen molar-refractivity contribution in [1.82, 2.24) is 14.7 Å². The summed E-state index contributed by atoms with van der Waals surface area (Å²) in [6.45, 7) is -0.347. The lowest BCUT2D eigenvalue weighted by atomic mass is 10.1. The van der Waals surface area contributed by atoms with Crippen molar-refractivity contribution in [2.24, 2.45) is 0 Å². The predicted octanol–water partition coefficient (Wildman–Crippen LogP) is 2.39. The fourth-order valence-corrected chi connectivity index (χ4v) is 3.18. The van der Waals surface area contributed by atoms with Gasteiger partial charge in [-0.3, -0.25) is 4.79 Å². The average Bonchev–Trinajstić information content (AvgIpc) is 3.23. The van der Waals surface area contributed by atoms with E-state index in [1.165, 1.54) is 4.90 Å². The Kier molecular flexibility index (Phi) is 3.59. The largest absolute Gasteiger partial charge is 0.479 e. The standard InChI is InChI=1S/C18H18FN3O3/c19-18(17(24)25)8-9-21(11-18)16(23)15-10-14(12-6-7-12)20-22(15)13-4-2-1-3-5-13/h1-5,10,12H,6-9,11H2,(H,24,25). The van der Waals surface area contributed by atoms with E-state index in [1.54, 1.807) is 10.7 Å². The van der Waals surface area contributed by atoms with E-state index in [1.807, 2.05) is 30.3 Å². The third kappa shape index (κ3) is 2.79. The molecule has 25 heavy (non-hydrogen) atoms. The minimum absolute atomic E-state index is 0.0837. The maximum Gasteiger partial charge on any atom is 0.343 e. The van der Waals surface area contributed by atoms with Gasteiger partial charge in [-0.2, -0.15) is 5.10 Å². The van der Waals surface area contributed by atoms with Crippen molar-refractivity contribution in [2.75, 3.05) is 13.1 Å². The number of amides is 1. The molecular weight excluding hydrogens is 325 g/mol. The first-order valence-corrected chi connectivity index (χ1v) is 8.35. The second kappa shape index (κ2) is 5.68. The minimum Gasteiger partial charge on any atom is -0.479 e. The summed E-state index contributed by atoms with van der Waals surface area (Å²) in [4.78, 5) is 25.3. The normalized spacial score (nSPS) is 23.0. The number of aromatic nitrogens is 2. The van der Waals surface area contributed by atoms with Crippen molar-refractivity contribution in [3.8, 4) is 5.69 Å². The van der Waals surface area contributed by atoms with Crippen LogP contribution in [-0.2, 0) is 4.79 Å². The maximum absolute atomic E-state index is 14.3. The summed E-state index contributed by atoms with van der Waals surface area (Å²) in [5.74, 6) is -1.53. The van der Waals surface area contributed by atoms with Gasteiger partial charge in [-0.15, -0.1) is 0 Å². The number of likely N-dealkylation sites (tertiary alicyclic amines) is 1. The molecule has 2 heterocycles. The Morgan fingerprint density at radius 2 is 1.96 bits per heavy atom. The Balaban J connectivity index is 1.68. The molecule has 4 rings (SSSR count). The van der Waals surface area contributed by atoms with Crippen molar-refractivity contribution in [3.63, 3.8) is 0 Å². The second-order valence-corrected chi connectivity index (χ2v) is 6.72. The van der Waals surface area contributed by atoms with E-state index in [4.69, 9.17) is 5.11 Å². The zero-order valence-electron chi connectivity index (χ0n) is 13.6. The molecule has 0 radical (unpaired) electrons. The summed E-state index contributed by atoms with van der Waals surface area (Å²) >= 11 is 0. The summed E-state index contributed by atoms with van der Waals surface area (Å²) in [5, 5.41) is 13.6. The Labute approximate surface area is 143 Å². The molecular formula is C18H18FN3O3. The molecule has 1 aromatic carbocycles. The number of alkyl halides is 1. The fourth-order valence-electron chi connectivity index (χ4n) is 3.18. The summed E-state index contributed by atoms with van der Waals surface area (Å²) in [5.41, 5.74) is -0.410. The molecule has 6 nitrogen and oxygen atoms in total. The number of hydrogen-bond acceptors (Lipinski definition) is 3. The van der Waals surface area contributed by atoms with E-state index in [0.29, 0.717) is 11.6 Å². The van der Waals surface area contributed by atoms with Crippen molar-refractivity contribution < 1.29 is 19.1 Å². The van der Waals surface area contributed by atoms with E-state index in [9.17, 15) is 14.0 Å². The fraction of sp³-hybridized carbons (Fsp3) is 0.389. The van der Waals surface area contributed by atoms with Crippen molar-refractivity contribution in [2.45, 2.75) is 30.8 Å². The van der Waals surface area contributed by atoms with Crippen LogP contribution in [0.3, 0.4) is 0 Å². The lowest BCUT2D eigenvalue weighted by Crippen LogP contribution is -2.39. The van der Waals surface area contributed by atoms with Crippen molar-refractivity contribution in [1.29, 1.82) is 0 Å². The van der Waals surface area contributed by atoms with E-state index >= 15 is 0 Å². The molecule has 1 saturated heterocycles. The molecule has 0 spiro atoms. The minimum atomic E-state index is -2.37. The number of carboxylic acids is 1. The third-order valence-electron chi connectivity index (χ3n) is 4.83. The van der Waals surface area contributed by atoms with Crippen LogP contribution in [0.1, 0.15) is 41.4 Å². The van der Waals surface area contributed by atoms with Crippen LogP contribution >= 0.6 is 0 Å². The van der Waals surface area contributed by atoms with Crippen LogP contribution in [0.4, 0.5) is 4.39 Å². The molecule has 7 heteroatoms. The zero-order valence-corrected chi connectivity index (χ0v) is 13.6. The quantitative estimate of drug-likeness (QED) is 0.925. The molecule has 1 aliphatic carbocycles. The third-order valence-corrected chi connectivity index (χ3v) is 4.83. The van der Waals surface area contributed by atoms with Gasteiger partial charge < -0.3 is 10.0 Å². The lowest BCUT2D eigenvalue weighted by molar-refractivity contribution is -0.149. The molecule has 2 aliphatic rings. The number of rotatable bonds is 4. The number of nitrogens with zero attached hydrogens (tertiary/aromatic N) is 3. The lowest BCUT2D eigenvalue weighted by Gasteiger charge is -2.18. The Hall–Kier alpha value is -2.70. The first kappa shape index (κ1) is 15.8. The van der Waals surface area contributed by atoms with Crippen LogP contribution < -0.4 is 0 Å². The van der Waals surface area contributed by atoms with Crippen LogP contribution in [0.25, 0.3) is 5.69 Å². The summed E-state index contributed by atoms with van der Waals surface area (Å²) < 4.78 is 15.9. The zero-order chi connectivity index (χ0) is 17.6.